The largest absolute Gasteiger partial charge is 0.456 e. The number of benzene rings is 10. The molecular formula is C57H36OS. The molecule has 12 aromatic rings. The maximum absolute atomic E-state index is 6.64. The number of rotatable bonds is 3. The van der Waals surface area contributed by atoms with Crippen LogP contribution in [0.4, 0.5) is 0 Å². The predicted molar refractivity (Wildman–Crippen MR) is 253 cm³/mol. The Kier molecular flexibility index (Phi) is 6.73. The topological polar surface area (TPSA) is 13.1 Å². The summed E-state index contributed by atoms with van der Waals surface area (Å²) in [7, 11) is 0. The minimum Gasteiger partial charge on any atom is -0.456 e. The first-order valence-electron chi connectivity index (χ1n) is 20.5. The van der Waals surface area contributed by atoms with Gasteiger partial charge >= 0.3 is 0 Å². The highest BCUT2D eigenvalue weighted by Crippen LogP contribution is 2.52. The molecule has 1 aliphatic carbocycles. The van der Waals surface area contributed by atoms with Gasteiger partial charge in [0.05, 0.1) is 0 Å². The molecule has 0 saturated carbocycles. The summed E-state index contributed by atoms with van der Waals surface area (Å²) in [6.07, 6.45) is 0. The third kappa shape index (κ3) is 4.61. The summed E-state index contributed by atoms with van der Waals surface area (Å²) in [4.78, 5) is 0. The van der Waals surface area contributed by atoms with Crippen molar-refractivity contribution in [2.45, 2.75) is 19.3 Å². The zero-order valence-electron chi connectivity index (χ0n) is 32.6. The Hall–Kier alpha value is -7.00. The van der Waals surface area contributed by atoms with Crippen molar-refractivity contribution in [1.82, 2.24) is 0 Å². The summed E-state index contributed by atoms with van der Waals surface area (Å²) in [5, 5.41) is 12.7. The lowest BCUT2D eigenvalue weighted by Gasteiger charge is -2.23. The molecular weight excluding hydrogens is 733 g/mol. The van der Waals surface area contributed by atoms with E-state index in [4.69, 9.17) is 4.42 Å². The molecule has 2 heteroatoms. The van der Waals surface area contributed by atoms with Crippen LogP contribution in [0.5, 0.6) is 0 Å². The van der Waals surface area contributed by atoms with E-state index in [1.807, 2.05) is 11.3 Å². The van der Waals surface area contributed by atoms with Crippen LogP contribution in [-0.4, -0.2) is 0 Å². The highest BCUT2D eigenvalue weighted by molar-refractivity contribution is 7.26. The van der Waals surface area contributed by atoms with Crippen molar-refractivity contribution < 1.29 is 4.42 Å². The Morgan fingerprint density at radius 3 is 1.59 bits per heavy atom. The van der Waals surface area contributed by atoms with Gasteiger partial charge in [0.25, 0.3) is 0 Å². The molecule has 276 valence electrons. The van der Waals surface area contributed by atoms with E-state index in [1.54, 1.807) is 0 Å². The van der Waals surface area contributed by atoms with Gasteiger partial charge in [0, 0.05) is 36.4 Å². The van der Waals surface area contributed by atoms with Crippen molar-refractivity contribution in [3.8, 4) is 44.5 Å². The van der Waals surface area contributed by atoms with E-state index in [0.717, 1.165) is 16.6 Å². The molecule has 2 heterocycles. The van der Waals surface area contributed by atoms with Crippen LogP contribution in [0.25, 0.3) is 119 Å². The molecule has 0 aliphatic heterocycles. The van der Waals surface area contributed by atoms with Crippen molar-refractivity contribution in [2.24, 2.45) is 0 Å². The maximum Gasteiger partial charge on any atom is 0.136 e. The van der Waals surface area contributed by atoms with Gasteiger partial charge in [0.2, 0.25) is 0 Å². The zero-order valence-corrected chi connectivity index (χ0v) is 33.5. The summed E-state index contributed by atoms with van der Waals surface area (Å²) in [6.45, 7) is 4.78. The van der Waals surface area contributed by atoms with Crippen LogP contribution in [0.2, 0.25) is 0 Å². The number of thiophene rings is 1. The van der Waals surface area contributed by atoms with Crippen molar-refractivity contribution in [2.75, 3.05) is 0 Å². The Labute approximate surface area is 345 Å². The molecule has 0 atom stereocenters. The average molecular weight is 769 g/mol. The van der Waals surface area contributed by atoms with Crippen LogP contribution < -0.4 is 0 Å². The molecule has 0 bridgehead atoms. The highest BCUT2D eigenvalue weighted by atomic mass is 32.1. The fourth-order valence-corrected chi connectivity index (χ4v) is 11.6. The molecule has 13 rings (SSSR count). The average Bonchev–Trinajstić information content (AvgIpc) is 3.93. The first-order chi connectivity index (χ1) is 29.0. The third-order valence-electron chi connectivity index (χ3n) is 13.3. The second-order valence-electron chi connectivity index (χ2n) is 16.7. The first-order valence-corrected chi connectivity index (χ1v) is 21.3. The molecule has 1 nitrogen and oxygen atoms in total. The van der Waals surface area contributed by atoms with Gasteiger partial charge in [-0.3, -0.25) is 0 Å². The van der Waals surface area contributed by atoms with Crippen LogP contribution in [0.1, 0.15) is 25.0 Å². The number of fused-ring (bicyclic) bond motifs is 14. The predicted octanol–water partition coefficient (Wildman–Crippen LogP) is 16.7. The zero-order chi connectivity index (χ0) is 39.0. The summed E-state index contributed by atoms with van der Waals surface area (Å²) in [5.74, 6) is 0. The van der Waals surface area contributed by atoms with Gasteiger partial charge in [-0.25, -0.2) is 0 Å². The molecule has 1 aliphatic rings. The maximum atomic E-state index is 6.64. The summed E-state index contributed by atoms with van der Waals surface area (Å²) >= 11 is 1.87. The fourth-order valence-electron chi connectivity index (χ4n) is 10.5. The minimum atomic E-state index is -0.189. The van der Waals surface area contributed by atoms with Crippen LogP contribution in [0.3, 0.4) is 0 Å². The molecule has 2 aromatic heterocycles. The van der Waals surface area contributed by atoms with Crippen LogP contribution >= 0.6 is 11.3 Å². The molecule has 0 spiro atoms. The summed E-state index contributed by atoms with van der Waals surface area (Å²) < 4.78 is 9.29. The molecule has 59 heavy (non-hydrogen) atoms. The van der Waals surface area contributed by atoms with Crippen molar-refractivity contribution in [3.05, 3.63) is 193 Å². The monoisotopic (exact) mass is 768 g/mol. The van der Waals surface area contributed by atoms with Crippen molar-refractivity contribution in [1.29, 1.82) is 0 Å². The molecule has 10 aromatic carbocycles. The molecule has 0 amide bonds. The van der Waals surface area contributed by atoms with Gasteiger partial charge in [0.1, 0.15) is 11.2 Å². The second kappa shape index (κ2) is 12.0. The van der Waals surface area contributed by atoms with Gasteiger partial charge in [-0.05, 0) is 136 Å². The van der Waals surface area contributed by atoms with Crippen molar-refractivity contribution >= 4 is 85.8 Å². The fraction of sp³-hybridized carbons (Fsp3) is 0.0526. The summed E-state index contributed by atoms with van der Waals surface area (Å²) in [5.41, 5.74) is 14.5. The third-order valence-corrected chi connectivity index (χ3v) is 14.4. The van der Waals surface area contributed by atoms with E-state index in [0.29, 0.717) is 0 Å². The lowest BCUT2D eigenvalue weighted by atomic mass is 9.80. The quantitative estimate of drug-likeness (QED) is 0.163. The van der Waals surface area contributed by atoms with Crippen LogP contribution in [0.15, 0.2) is 186 Å². The molecule has 0 saturated heterocycles. The lowest BCUT2D eigenvalue weighted by molar-refractivity contribution is 0.661. The van der Waals surface area contributed by atoms with E-state index >= 15 is 0 Å². The Bertz CT molecular complexity index is 3690. The number of hydrogen-bond donors (Lipinski definition) is 0. The minimum absolute atomic E-state index is 0.189. The molecule has 0 radical (unpaired) electrons. The van der Waals surface area contributed by atoms with E-state index < -0.39 is 0 Å². The van der Waals surface area contributed by atoms with E-state index in [-0.39, 0.29) is 5.41 Å². The smallest absolute Gasteiger partial charge is 0.136 e. The normalized spacial score (nSPS) is 13.4. The SMILES string of the molecule is CC1(C)c2cc(-c3ccc4c(c3)oc3ccc5c(ccc6sc7ccccc7c65)c34)ccc2-c2ccc(-c3c4ccccc4c(-c4ccccc4)c4ccccc34)cc21. The Morgan fingerprint density at radius 2 is 0.881 bits per heavy atom. The standard InChI is InChI=1S/C57H36OS/c1-57(2)47-30-34(35-21-25-45-50(32-35)58-49-28-26-44-43(55(45)49)27-29-52-56(44)46-18-10-11-19-51(46)59-52)20-23-37(47)38-24-22-36(31-48(38)57)54-41-16-8-6-14-39(41)53(33-12-4-3-5-13-33)40-15-7-9-17-42(40)54/h3-32H,1-2H3. The number of hydrogen-bond acceptors (Lipinski definition) is 2. The first kappa shape index (κ1) is 33.0. The molecule has 0 unspecified atom stereocenters. The Morgan fingerprint density at radius 1 is 0.356 bits per heavy atom. The van der Waals surface area contributed by atoms with Crippen LogP contribution in [-0.2, 0) is 5.41 Å². The van der Waals surface area contributed by atoms with E-state index in [2.05, 4.69) is 196 Å². The highest BCUT2D eigenvalue weighted by Gasteiger charge is 2.36. The summed E-state index contributed by atoms with van der Waals surface area (Å²) in [6, 6.07) is 67.5. The van der Waals surface area contributed by atoms with Gasteiger partial charge in [-0.1, -0.05) is 147 Å². The second-order valence-corrected chi connectivity index (χ2v) is 17.8. The Balaban J connectivity index is 0.924. The number of furan rings is 1. The lowest BCUT2D eigenvalue weighted by Crippen LogP contribution is -2.15. The van der Waals surface area contributed by atoms with Crippen LogP contribution in [0, 0.1) is 0 Å². The van der Waals surface area contributed by atoms with Gasteiger partial charge < -0.3 is 4.42 Å². The molecule has 0 fully saturated rings. The van der Waals surface area contributed by atoms with E-state index in [1.165, 1.54) is 114 Å². The van der Waals surface area contributed by atoms with E-state index in [9.17, 15) is 0 Å². The van der Waals surface area contributed by atoms with Gasteiger partial charge in [0.15, 0.2) is 0 Å². The van der Waals surface area contributed by atoms with Gasteiger partial charge in [-0.15, -0.1) is 11.3 Å². The van der Waals surface area contributed by atoms with Gasteiger partial charge in [-0.2, -0.15) is 0 Å². The molecule has 0 N–H and O–H groups in total. The van der Waals surface area contributed by atoms with Crippen molar-refractivity contribution in [3.63, 3.8) is 0 Å².